The van der Waals surface area contributed by atoms with Gasteiger partial charge in [0.15, 0.2) is 0 Å². The number of hydrogen-bond acceptors (Lipinski definition) is 2. The SMILES string of the molecule is O=C(Nc1cc(F)cc(Cl)c1)c1ccc2cccnc2c1. The number of nitrogens with zero attached hydrogens (tertiary/aromatic N) is 1. The van der Waals surface area contributed by atoms with E-state index in [1.165, 1.54) is 18.2 Å². The molecule has 0 spiro atoms. The van der Waals surface area contributed by atoms with Crippen LogP contribution < -0.4 is 5.32 Å². The van der Waals surface area contributed by atoms with E-state index in [0.29, 0.717) is 11.3 Å². The second-order valence-corrected chi connectivity index (χ2v) is 4.96. The van der Waals surface area contributed by atoms with E-state index < -0.39 is 5.82 Å². The van der Waals surface area contributed by atoms with Gasteiger partial charge in [-0.2, -0.15) is 0 Å². The van der Waals surface area contributed by atoms with Crippen LogP contribution in [0.15, 0.2) is 54.7 Å². The minimum atomic E-state index is -0.502. The van der Waals surface area contributed by atoms with Gasteiger partial charge in [-0.15, -0.1) is 0 Å². The number of aromatic nitrogens is 1. The van der Waals surface area contributed by atoms with Gasteiger partial charge in [-0.05, 0) is 36.4 Å². The standard InChI is InChI=1S/C16H10ClFN2O/c17-12-7-13(18)9-14(8-12)20-16(21)11-4-3-10-2-1-5-19-15(10)6-11/h1-9H,(H,20,21). The first-order chi connectivity index (χ1) is 10.1. The zero-order valence-corrected chi connectivity index (χ0v) is 11.6. The molecule has 0 aliphatic rings. The van der Waals surface area contributed by atoms with Gasteiger partial charge >= 0.3 is 0 Å². The first-order valence-corrected chi connectivity index (χ1v) is 6.62. The third-order valence-corrected chi connectivity index (χ3v) is 3.21. The third kappa shape index (κ3) is 3.01. The average Bonchev–Trinajstić information content (AvgIpc) is 2.45. The largest absolute Gasteiger partial charge is 0.322 e. The lowest BCUT2D eigenvalue weighted by Crippen LogP contribution is -2.12. The van der Waals surface area contributed by atoms with Crippen molar-refractivity contribution in [2.75, 3.05) is 5.32 Å². The lowest BCUT2D eigenvalue weighted by Gasteiger charge is -2.07. The van der Waals surface area contributed by atoms with Crippen LogP contribution in [-0.2, 0) is 0 Å². The van der Waals surface area contributed by atoms with Gasteiger partial charge in [-0.1, -0.05) is 23.7 Å². The molecule has 0 atom stereocenters. The van der Waals surface area contributed by atoms with E-state index >= 15 is 0 Å². The molecule has 0 radical (unpaired) electrons. The maximum absolute atomic E-state index is 13.2. The Labute approximate surface area is 125 Å². The second-order valence-electron chi connectivity index (χ2n) is 4.52. The molecule has 5 heteroatoms. The van der Waals surface area contributed by atoms with Crippen LogP contribution >= 0.6 is 11.6 Å². The predicted molar refractivity (Wildman–Crippen MR) is 81.1 cm³/mol. The summed E-state index contributed by atoms with van der Waals surface area (Å²) in [6.07, 6.45) is 1.66. The predicted octanol–water partition coefficient (Wildman–Crippen LogP) is 4.28. The molecular weight excluding hydrogens is 291 g/mol. The molecular formula is C16H10ClFN2O. The summed E-state index contributed by atoms with van der Waals surface area (Å²) >= 11 is 5.76. The van der Waals surface area contributed by atoms with Gasteiger partial charge in [-0.25, -0.2) is 4.39 Å². The van der Waals surface area contributed by atoms with E-state index in [0.717, 1.165) is 10.9 Å². The fourth-order valence-electron chi connectivity index (χ4n) is 2.04. The van der Waals surface area contributed by atoms with Gasteiger partial charge in [0.05, 0.1) is 5.52 Å². The minimum Gasteiger partial charge on any atom is -0.322 e. The maximum Gasteiger partial charge on any atom is 0.255 e. The molecule has 104 valence electrons. The maximum atomic E-state index is 13.2. The van der Waals surface area contributed by atoms with Crippen molar-refractivity contribution in [1.82, 2.24) is 4.98 Å². The summed E-state index contributed by atoms with van der Waals surface area (Å²) < 4.78 is 13.2. The Hall–Kier alpha value is -2.46. The molecule has 0 unspecified atom stereocenters. The number of halogens is 2. The number of carbonyl (C=O) groups is 1. The van der Waals surface area contributed by atoms with Crippen molar-refractivity contribution in [3.8, 4) is 0 Å². The third-order valence-electron chi connectivity index (χ3n) is 2.99. The van der Waals surface area contributed by atoms with Crippen LogP contribution in [0.2, 0.25) is 5.02 Å². The highest BCUT2D eigenvalue weighted by atomic mass is 35.5. The number of nitrogens with one attached hydrogen (secondary N) is 1. The molecule has 1 amide bonds. The normalized spacial score (nSPS) is 10.6. The molecule has 2 aromatic carbocycles. The van der Waals surface area contributed by atoms with Gasteiger partial charge in [0.1, 0.15) is 5.82 Å². The summed E-state index contributed by atoms with van der Waals surface area (Å²) in [6.45, 7) is 0. The minimum absolute atomic E-state index is 0.227. The molecule has 3 nitrogen and oxygen atoms in total. The van der Waals surface area contributed by atoms with Crippen molar-refractivity contribution < 1.29 is 9.18 Å². The highest BCUT2D eigenvalue weighted by Crippen LogP contribution is 2.19. The van der Waals surface area contributed by atoms with Crippen molar-refractivity contribution in [2.24, 2.45) is 0 Å². The number of carbonyl (C=O) groups excluding carboxylic acids is 1. The smallest absolute Gasteiger partial charge is 0.255 e. The second kappa shape index (κ2) is 5.50. The van der Waals surface area contributed by atoms with Crippen LogP contribution in [0, 0.1) is 5.82 Å². The highest BCUT2D eigenvalue weighted by Gasteiger charge is 2.08. The Bertz CT molecular complexity index is 815. The lowest BCUT2D eigenvalue weighted by atomic mass is 10.1. The van der Waals surface area contributed by atoms with Gasteiger partial charge in [0.25, 0.3) is 5.91 Å². The number of amides is 1. The molecule has 3 rings (SSSR count). The number of pyridine rings is 1. The number of benzene rings is 2. The van der Waals surface area contributed by atoms with Gasteiger partial charge in [0, 0.05) is 27.9 Å². The van der Waals surface area contributed by atoms with E-state index in [-0.39, 0.29) is 10.9 Å². The van der Waals surface area contributed by atoms with E-state index in [9.17, 15) is 9.18 Å². The van der Waals surface area contributed by atoms with Crippen LogP contribution in [-0.4, -0.2) is 10.9 Å². The molecule has 0 fully saturated rings. The summed E-state index contributed by atoms with van der Waals surface area (Å²) in [7, 11) is 0. The number of anilines is 1. The number of rotatable bonds is 2. The molecule has 0 aliphatic carbocycles. The zero-order chi connectivity index (χ0) is 14.8. The van der Waals surface area contributed by atoms with Crippen molar-refractivity contribution >= 4 is 34.1 Å². The van der Waals surface area contributed by atoms with Gasteiger partial charge in [0.2, 0.25) is 0 Å². The quantitative estimate of drug-likeness (QED) is 0.767. The Kier molecular flexibility index (Phi) is 3.54. The highest BCUT2D eigenvalue weighted by molar-refractivity contribution is 6.31. The topological polar surface area (TPSA) is 42.0 Å². The Morgan fingerprint density at radius 1 is 1.14 bits per heavy atom. The molecule has 0 saturated carbocycles. The fourth-order valence-corrected chi connectivity index (χ4v) is 2.26. The Morgan fingerprint density at radius 2 is 2.00 bits per heavy atom. The van der Waals surface area contributed by atoms with Crippen LogP contribution in [0.3, 0.4) is 0 Å². The fraction of sp³-hybridized carbons (Fsp3) is 0. The summed E-state index contributed by atoms with van der Waals surface area (Å²) in [5.41, 5.74) is 1.48. The van der Waals surface area contributed by atoms with Crippen molar-refractivity contribution in [2.45, 2.75) is 0 Å². The summed E-state index contributed by atoms with van der Waals surface area (Å²) in [4.78, 5) is 16.4. The number of hydrogen-bond donors (Lipinski definition) is 1. The molecule has 1 heterocycles. The molecule has 0 aliphatic heterocycles. The average molecular weight is 301 g/mol. The van der Waals surface area contributed by atoms with Crippen molar-refractivity contribution in [3.63, 3.8) is 0 Å². The molecule has 0 saturated heterocycles. The molecule has 1 N–H and O–H groups in total. The van der Waals surface area contributed by atoms with Crippen LogP contribution in [0.5, 0.6) is 0 Å². The van der Waals surface area contributed by atoms with Gasteiger partial charge < -0.3 is 5.32 Å². The molecule has 1 aromatic heterocycles. The Morgan fingerprint density at radius 3 is 2.81 bits per heavy atom. The van der Waals surface area contributed by atoms with Gasteiger partial charge in [-0.3, -0.25) is 9.78 Å². The van der Waals surface area contributed by atoms with E-state index in [1.54, 1.807) is 18.3 Å². The molecule has 21 heavy (non-hydrogen) atoms. The lowest BCUT2D eigenvalue weighted by molar-refractivity contribution is 0.102. The van der Waals surface area contributed by atoms with Crippen molar-refractivity contribution in [1.29, 1.82) is 0 Å². The zero-order valence-electron chi connectivity index (χ0n) is 10.8. The number of fused-ring (bicyclic) bond motifs is 1. The first-order valence-electron chi connectivity index (χ1n) is 6.24. The summed E-state index contributed by atoms with van der Waals surface area (Å²) in [6, 6.07) is 12.8. The van der Waals surface area contributed by atoms with Crippen molar-refractivity contribution in [3.05, 3.63) is 71.1 Å². The summed E-state index contributed by atoms with van der Waals surface area (Å²) in [5.74, 6) is -0.845. The monoisotopic (exact) mass is 300 g/mol. The van der Waals surface area contributed by atoms with Crippen LogP contribution in [0.1, 0.15) is 10.4 Å². The Balaban J connectivity index is 1.89. The van der Waals surface area contributed by atoms with E-state index in [1.807, 2.05) is 18.2 Å². The first kappa shape index (κ1) is 13.5. The van der Waals surface area contributed by atoms with E-state index in [2.05, 4.69) is 10.3 Å². The molecule has 0 bridgehead atoms. The molecule has 3 aromatic rings. The van der Waals surface area contributed by atoms with Crippen LogP contribution in [0.4, 0.5) is 10.1 Å². The van der Waals surface area contributed by atoms with E-state index in [4.69, 9.17) is 11.6 Å². The van der Waals surface area contributed by atoms with Crippen LogP contribution in [0.25, 0.3) is 10.9 Å². The summed E-state index contributed by atoms with van der Waals surface area (Å²) in [5, 5.41) is 3.79.